The highest BCUT2D eigenvalue weighted by atomic mass is 16.5. The van der Waals surface area contributed by atoms with Crippen molar-refractivity contribution in [3.8, 4) is 5.75 Å². The van der Waals surface area contributed by atoms with Crippen molar-refractivity contribution in [1.29, 1.82) is 0 Å². The quantitative estimate of drug-likeness (QED) is 0.634. The Labute approximate surface area is 166 Å². The summed E-state index contributed by atoms with van der Waals surface area (Å²) in [7, 11) is 0. The molecule has 4 rings (SSSR count). The molecule has 0 radical (unpaired) electrons. The largest absolute Gasteiger partial charge is 0.487 e. The van der Waals surface area contributed by atoms with Crippen LogP contribution in [0.1, 0.15) is 46.1 Å². The van der Waals surface area contributed by atoms with Gasteiger partial charge in [-0.3, -0.25) is 0 Å². The van der Waals surface area contributed by atoms with Gasteiger partial charge in [-0.05, 0) is 83.2 Å². The molecule has 28 heavy (non-hydrogen) atoms. The molecule has 0 bridgehead atoms. The molecule has 3 atom stereocenters. The van der Waals surface area contributed by atoms with Crippen LogP contribution < -0.4 is 10.1 Å². The van der Waals surface area contributed by atoms with Gasteiger partial charge in [0.25, 0.3) is 0 Å². The standard InChI is InChI=1S/C22H33N3O3/c1-21(2)11-16(22(3,4)25(21)27)12-23-13-18(26)19-6-5-15-9-17-14(7-8-24-17)10-20(15)28-19/h7-10,16,18-19,23-24,26-27H,5-6,11-13H2,1-4H3. The zero-order valence-corrected chi connectivity index (χ0v) is 17.3. The Balaban J connectivity index is 1.33. The van der Waals surface area contributed by atoms with E-state index in [0.29, 0.717) is 12.5 Å². The van der Waals surface area contributed by atoms with E-state index in [1.165, 1.54) is 10.6 Å². The predicted octanol–water partition coefficient (Wildman–Crippen LogP) is 3.08. The van der Waals surface area contributed by atoms with Gasteiger partial charge in [0.15, 0.2) is 0 Å². The molecule has 6 heteroatoms. The second kappa shape index (κ2) is 7.02. The lowest BCUT2D eigenvalue weighted by Crippen LogP contribution is -2.49. The summed E-state index contributed by atoms with van der Waals surface area (Å²) in [5.74, 6) is 1.20. The van der Waals surface area contributed by atoms with E-state index in [4.69, 9.17) is 4.74 Å². The molecule has 0 spiro atoms. The van der Waals surface area contributed by atoms with E-state index in [9.17, 15) is 10.3 Å². The Morgan fingerprint density at radius 2 is 2.11 bits per heavy atom. The smallest absolute Gasteiger partial charge is 0.126 e. The van der Waals surface area contributed by atoms with Crippen molar-refractivity contribution in [3.63, 3.8) is 0 Å². The molecule has 1 saturated heterocycles. The van der Waals surface area contributed by atoms with E-state index in [-0.39, 0.29) is 17.2 Å². The highest BCUT2D eigenvalue weighted by Crippen LogP contribution is 2.43. The average Bonchev–Trinajstić information content (AvgIpc) is 3.16. The molecule has 4 N–H and O–H groups in total. The fraction of sp³-hybridized carbons (Fsp3) is 0.636. The van der Waals surface area contributed by atoms with Crippen LogP contribution in [0.25, 0.3) is 10.9 Å². The van der Waals surface area contributed by atoms with Gasteiger partial charge in [0.2, 0.25) is 0 Å². The number of hydrogen-bond donors (Lipinski definition) is 4. The number of benzene rings is 1. The van der Waals surface area contributed by atoms with Gasteiger partial charge in [-0.15, -0.1) is 0 Å². The van der Waals surface area contributed by atoms with Gasteiger partial charge >= 0.3 is 0 Å². The Kier molecular flexibility index (Phi) is 4.94. The molecule has 3 heterocycles. The topological polar surface area (TPSA) is 80.8 Å². The molecule has 1 aromatic carbocycles. The second-order valence-electron chi connectivity index (χ2n) is 9.62. The third kappa shape index (κ3) is 3.43. The highest BCUT2D eigenvalue weighted by Gasteiger charge is 2.50. The minimum atomic E-state index is -0.558. The second-order valence-corrected chi connectivity index (χ2v) is 9.62. The number of aromatic amines is 1. The van der Waals surface area contributed by atoms with Crippen LogP contribution in [0.4, 0.5) is 0 Å². The van der Waals surface area contributed by atoms with E-state index < -0.39 is 6.10 Å². The summed E-state index contributed by atoms with van der Waals surface area (Å²) in [6, 6.07) is 6.25. The van der Waals surface area contributed by atoms with E-state index in [1.807, 2.05) is 12.3 Å². The van der Waals surface area contributed by atoms with Gasteiger partial charge in [0, 0.05) is 34.7 Å². The van der Waals surface area contributed by atoms with Crippen LogP contribution >= 0.6 is 0 Å². The van der Waals surface area contributed by atoms with Crippen molar-refractivity contribution in [2.24, 2.45) is 5.92 Å². The molecular weight excluding hydrogens is 354 g/mol. The number of nitrogens with one attached hydrogen (secondary N) is 2. The molecule has 0 saturated carbocycles. The van der Waals surface area contributed by atoms with Crippen LogP contribution in [0.3, 0.4) is 0 Å². The lowest BCUT2D eigenvalue weighted by Gasteiger charge is -2.36. The van der Waals surface area contributed by atoms with Gasteiger partial charge < -0.3 is 25.4 Å². The summed E-state index contributed by atoms with van der Waals surface area (Å²) >= 11 is 0. The summed E-state index contributed by atoms with van der Waals surface area (Å²) in [4.78, 5) is 3.24. The number of aromatic nitrogens is 1. The van der Waals surface area contributed by atoms with Crippen LogP contribution in [-0.4, -0.2) is 56.7 Å². The SMILES string of the molecule is CC1(C)CC(CNCC(O)C2CCc3cc4[nH]ccc4cc3O2)C(C)(C)N1O. The maximum Gasteiger partial charge on any atom is 0.126 e. The number of ether oxygens (including phenoxy) is 1. The fourth-order valence-corrected chi connectivity index (χ4v) is 4.97. The number of hydroxylamine groups is 2. The molecule has 2 aliphatic rings. The molecule has 2 aliphatic heterocycles. The molecule has 0 amide bonds. The summed E-state index contributed by atoms with van der Waals surface area (Å²) in [6.45, 7) is 9.54. The van der Waals surface area contributed by atoms with E-state index in [0.717, 1.165) is 42.5 Å². The maximum absolute atomic E-state index is 10.7. The number of aliphatic hydroxyl groups excluding tert-OH is 1. The van der Waals surface area contributed by atoms with Crippen molar-refractivity contribution in [2.75, 3.05) is 13.1 Å². The zero-order valence-electron chi connectivity index (χ0n) is 17.3. The van der Waals surface area contributed by atoms with Crippen LogP contribution in [-0.2, 0) is 6.42 Å². The van der Waals surface area contributed by atoms with E-state index in [1.54, 1.807) is 0 Å². The molecule has 2 aromatic rings. The number of aryl methyl sites for hydroxylation is 1. The lowest BCUT2D eigenvalue weighted by molar-refractivity contribution is -0.196. The third-order valence-corrected chi connectivity index (χ3v) is 6.75. The first-order valence-corrected chi connectivity index (χ1v) is 10.3. The molecule has 1 aromatic heterocycles. The monoisotopic (exact) mass is 387 g/mol. The number of fused-ring (bicyclic) bond motifs is 2. The van der Waals surface area contributed by atoms with Crippen molar-refractivity contribution < 1.29 is 15.1 Å². The van der Waals surface area contributed by atoms with Gasteiger partial charge in [0.1, 0.15) is 18.0 Å². The highest BCUT2D eigenvalue weighted by molar-refractivity contribution is 5.82. The summed E-state index contributed by atoms with van der Waals surface area (Å²) in [6.07, 6.45) is 3.83. The molecule has 0 aliphatic carbocycles. The van der Waals surface area contributed by atoms with Gasteiger partial charge in [-0.25, -0.2) is 0 Å². The van der Waals surface area contributed by atoms with Gasteiger partial charge in [0.05, 0.1) is 0 Å². The zero-order chi connectivity index (χ0) is 20.1. The molecule has 6 nitrogen and oxygen atoms in total. The molecular formula is C22H33N3O3. The number of H-pyrrole nitrogens is 1. The van der Waals surface area contributed by atoms with E-state index >= 15 is 0 Å². The van der Waals surface area contributed by atoms with Crippen molar-refractivity contribution in [1.82, 2.24) is 15.4 Å². The first-order chi connectivity index (χ1) is 13.2. The molecule has 3 unspecified atom stereocenters. The van der Waals surface area contributed by atoms with Crippen molar-refractivity contribution in [2.45, 2.75) is 70.2 Å². The number of nitrogens with zero attached hydrogens (tertiary/aromatic N) is 1. The number of rotatable bonds is 5. The van der Waals surface area contributed by atoms with Gasteiger partial charge in [-0.1, -0.05) is 0 Å². The maximum atomic E-state index is 10.7. The van der Waals surface area contributed by atoms with Crippen molar-refractivity contribution >= 4 is 10.9 Å². The molecule has 1 fully saturated rings. The number of aliphatic hydroxyl groups is 1. The Bertz CT molecular complexity index is 845. The minimum Gasteiger partial charge on any atom is -0.487 e. The van der Waals surface area contributed by atoms with Gasteiger partial charge in [-0.2, -0.15) is 5.06 Å². The Morgan fingerprint density at radius 1 is 1.32 bits per heavy atom. The molecule has 154 valence electrons. The number of hydrogen-bond acceptors (Lipinski definition) is 5. The Morgan fingerprint density at radius 3 is 2.82 bits per heavy atom. The fourth-order valence-electron chi connectivity index (χ4n) is 4.97. The van der Waals surface area contributed by atoms with Crippen LogP contribution in [0.15, 0.2) is 24.4 Å². The van der Waals surface area contributed by atoms with E-state index in [2.05, 4.69) is 50.1 Å². The van der Waals surface area contributed by atoms with Crippen molar-refractivity contribution in [3.05, 3.63) is 30.0 Å². The predicted molar refractivity (Wildman–Crippen MR) is 110 cm³/mol. The summed E-state index contributed by atoms with van der Waals surface area (Å²) < 4.78 is 6.13. The normalized spacial score (nSPS) is 27.5. The average molecular weight is 388 g/mol. The summed E-state index contributed by atoms with van der Waals surface area (Å²) in [5, 5.41) is 27.2. The van der Waals surface area contributed by atoms with Crippen LogP contribution in [0.5, 0.6) is 5.75 Å². The Hall–Kier alpha value is -1.60. The minimum absolute atomic E-state index is 0.196. The van der Waals surface area contributed by atoms with Crippen LogP contribution in [0, 0.1) is 5.92 Å². The first-order valence-electron chi connectivity index (χ1n) is 10.3. The van der Waals surface area contributed by atoms with Crippen LogP contribution in [0.2, 0.25) is 0 Å². The summed E-state index contributed by atoms with van der Waals surface area (Å²) in [5.41, 5.74) is 1.81. The lowest BCUT2D eigenvalue weighted by atomic mass is 9.87. The first kappa shape index (κ1) is 19.7. The third-order valence-electron chi connectivity index (χ3n) is 6.75.